The summed E-state index contributed by atoms with van der Waals surface area (Å²) in [6.07, 6.45) is 3.51. The number of nitrogens with zero attached hydrogens (tertiary/aromatic N) is 4. The molecule has 0 atom stereocenters. The summed E-state index contributed by atoms with van der Waals surface area (Å²) in [5.74, 6) is 1.65. The summed E-state index contributed by atoms with van der Waals surface area (Å²) in [5.41, 5.74) is 1.93. The predicted octanol–water partition coefficient (Wildman–Crippen LogP) is 2.76. The SMILES string of the molecule is CN(C)c1nc(-c2ccncc2)nc2ccccc12. The van der Waals surface area contributed by atoms with Crippen molar-refractivity contribution in [1.29, 1.82) is 0 Å². The largest absolute Gasteiger partial charge is 0.362 e. The van der Waals surface area contributed by atoms with E-state index < -0.39 is 0 Å². The van der Waals surface area contributed by atoms with E-state index in [2.05, 4.69) is 15.0 Å². The van der Waals surface area contributed by atoms with Crippen LogP contribution in [-0.4, -0.2) is 29.0 Å². The third-order valence-electron chi connectivity index (χ3n) is 2.95. The Morgan fingerprint density at radius 2 is 1.63 bits per heavy atom. The monoisotopic (exact) mass is 250 g/mol. The third-order valence-corrected chi connectivity index (χ3v) is 2.95. The van der Waals surface area contributed by atoms with Gasteiger partial charge in [-0.2, -0.15) is 0 Å². The number of anilines is 1. The molecule has 4 heteroatoms. The number of rotatable bonds is 2. The third kappa shape index (κ3) is 2.12. The minimum absolute atomic E-state index is 0.727. The first-order valence-electron chi connectivity index (χ1n) is 6.10. The van der Waals surface area contributed by atoms with Gasteiger partial charge in [0.25, 0.3) is 0 Å². The lowest BCUT2D eigenvalue weighted by atomic mass is 10.2. The van der Waals surface area contributed by atoms with Gasteiger partial charge < -0.3 is 4.90 Å². The van der Waals surface area contributed by atoms with Crippen LogP contribution in [0.2, 0.25) is 0 Å². The number of benzene rings is 1. The summed E-state index contributed by atoms with van der Waals surface area (Å²) in [7, 11) is 3.98. The molecule has 0 fully saturated rings. The Morgan fingerprint density at radius 3 is 2.37 bits per heavy atom. The molecule has 0 aliphatic heterocycles. The molecule has 0 bridgehead atoms. The highest BCUT2D eigenvalue weighted by molar-refractivity contribution is 5.90. The van der Waals surface area contributed by atoms with E-state index in [-0.39, 0.29) is 0 Å². The second-order valence-corrected chi connectivity index (χ2v) is 4.52. The maximum Gasteiger partial charge on any atom is 0.162 e. The lowest BCUT2D eigenvalue weighted by Gasteiger charge is -2.15. The molecule has 0 spiro atoms. The Bertz CT molecular complexity index is 708. The molecule has 0 saturated carbocycles. The molecular weight excluding hydrogens is 236 g/mol. The summed E-state index contributed by atoms with van der Waals surface area (Å²) >= 11 is 0. The van der Waals surface area contributed by atoms with Gasteiger partial charge in [-0.1, -0.05) is 12.1 Å². The van der Waals surface area contributed by atoms with Gasteiger partial charge in [-0.15, -0.1) is 0 Å². The van der Waals surface area contributed by atoms with Gasteiger partial charge in [0.1, 0.15) is 5.82 Å². The average molecular weight is 250 g/mol. The molecule has 0 N–H and O–H groups in total. The Kier molecular flexibility index (Phi) is 2.83. The van der Waals surface area contributed by atoms with Gasteiger partial charge in [-0.3, -0.25) is 4.98 Å². The van der Waals surface area contributed by atoms with Gasteiger partial charge in [0, 0.05) is 37.4 Å². The van der Waals surface area contributed by atoms with Crippen molar-refractivity contribution in [3.63, 3.8) is 0 Å². The zero-order valence-electron chi connectivity index (χ0n) is 10.9. The molecule has 4 nitrogen and oxygen atoms in total. The predicted molar refractivity (Wildman–Crippen MR) is 77.1 cm³/mol. The Morgan fingerprint density at radius 1 is 0.895 bits per heavy atom. The maximum atomic E-state index is 4.66. The van der Waals surface area contributed by atoms with Crippen molar-refractivity contribution in [3.05, 3.63) is 48.8 Å². The summed E-state index contributed by atoms with van der Waals surface area (Å²) < 4.78 is 0. The van der Waals surface area contributed by atoms with Crippen LogP contribution in [0.3, 0.4) is 0 Å². The number of fused-ring (bicyclic) bond motifs is 1. The molecule has 0 radical (unpaired) electrons. The fourth-order valence-corrected chi connectivity index (χ4v) is 2.03. The van der Waals surface area contributed by atoms with Gasteiger partial charge in [0.05, 0.1) is 5.52 Å². The maximum absolute atomic E-state index is 4.66. The second-order valence-electron chi connectivity index (χ2n) is 4.52. The fourth-order valence-electron chi connectivity index (χ4n) is 2.03. The van der Waals surface area contributed by atoms with Crippen molar-refractivity contribution >= 4 is 16.7 Å². The van der Waals surface area contributed by atoms with E-state index in [0.717, 1.165) is 28.1 Å². The Hall–Kier alpha value is -2.49. The molecule has 2 aromatic heterocycles. The molecule has 3 rings (SSSR count). The van der Waals surface area contributed by atoms with E-state index >= 15 is 0 Å². The molecular formula is C15H14N4. The van der Waals surface area contributed by atoms with Crippen LogP contribution in [-0.2, 0) is 0 Å². The number of aromatic nitrogens is 3. The van der Waals surface area contributed by atoms with Gasteiger partial charge in [-0.25, -0.2) is 9.97 Å². The molecule has 0 amide bonds. The molecule has 0 saturated heterocycles. The van der Waals surface area contributed by atoms with Crippen molar-refractivity contribution in [3.8, 4) is 11.4 Å². The van der Waals surface area contributed by atoms with Crippen molar-refractivity contribution < 1.29 is 0 Å². The summed E-state index contributed by atoms with van der Waals surface area (Å²) in [4.78, 5) is 15.3. The zero-order chi connectivity index (χ0) is 13.2. The van der Waals surface area contributed by atoms with Gasteiger partial charge in [-0.05, 0) is 24.3 Å². The van der Waals surface area contributed by atoms with Crippen molar-refractivity contribution in [2.45, 2.75) is 0 Å². The van der Waals surface area contributed by atoms with Crippen LogP contribution in [0.15, 0.2) is 48.8 Å². The van der Waals surface area contributed by atoms with Gasteiger partial charge in [0.15, 0.2) is 5.82 Å². The van der Waals surface area contributed by atoms with Gasteiger partial charge in [0.2, 0.25) is 0 Å². The number of pyridine rings is 1. The van der Waals surface area contributed by atoms with E-state index in [0.29, 0.717) is 0 Å². The van der Waals surface area contributed by atoms with Crippen molar-refractivity contribution in [2.75, 3.05) is 19.0 Å². The minimum atomic E-state index is 0.727. The van der Waals surface area contributed by atoms with E-state index in [4.69, 9.17) is 0 Å². The Balaban J connectivity index is 2.28. The topological polar surface area (TPSA) is 41.9 Å². The van der Waals surface area contributed by atoms with E-state index in [1.165, 1.54) is 0 Å². The van der Waals surface area contributed by atoms with E-state index in [1.807, 2.05) is 55.4 Å². The lowest BCUT2D eigenvalue weighted by molar-refractivity contribution is 1.06. The highest BCUT2D eigenvalue weighted by Crippen LogP contribution is 2.25. The molecule has 3 aromatic rings. The highest BCUT2D eigenvalue weighted by Gasteiger charge is 2.10. The first-order valence-corrected chi connectivity index (χ1v) is 6.10. The second kappa shape index (κ2) is 4.65. The highest BCUT2D eigenvalue weighted by atomic mass is 15.2. The van der Waals surface area contributed by atoms with Crippen LogP contribution in [0.25, 0.3) is 22.3 Å². The molecule has 19 heavy (non-hydrogen) atoms. The first-order chi connectivity index (χ1) is 9.25. The Labute approximate surface area is 111 Å². The van der Waals surface area contributed by atoms with Crippen LogP contribution in [0.4, 0.5) is 5.82 Å². The number of para-hydroxylation sites is 1. The van der Waals surface area contributed by atoms with Crippen molar-refractivity contribution in [1.82, 2.24) is 15.0 Å². The van der Waals surface area contributed by atoms with Crippen LogP contribution in [0.5, 0.6) is 0 Å². The summed E-state index contributed by atoms with van der Waals surface area (Å²) in [5, 5.41) is 1.06. The number of hydrogen-bond donors (Lipinski definition) is 0. The van der Waals surface area contributed by atoms with E-state index in [9.17, 15) is 0 Å². The molecule has 1 aromatic carbocycles. The summed E-state index contributed by atoms with van der Waals surface area (Å²) in [6.45, 7) is 0. The first kappa shape index (κ1) is 11.6. The van der Waals surface area contributed by atoms with Crippen LogP contribution < -0.4 is 4.90 Å². The summed E-state index contributed by atoms with van der Waals surface area (Å²) in [6, 6.07) is 11.9. The number of hydrogen-bond acceptors (Lipinski definition) is 4. The minimum Gasteiger partial charge on any atom is -0.362 e. The molecule has 0 aliphatic rings. The van der Waals surface area contributed by atoms with Gasteiger partial charge >= 0.3 is 0 Å². The smallest absolute Gasteiger partial charge is 0.162 e. The lowest BCUT2D eigenvalue weighted by Crippen LogP contribution is -2.12. The average Bonchev–Trinajstić information content (AvgIpc) is 2.47. The van der Waals surface area contributed by atoms with Crippen molar-refractivity contribution in [2.24, 2.45) is 0 Å². The van der Waals surface area contributed by atoms with Crippen LogP contribution in [0.1, 0.15) is 0 Å². The van der Waals surface area contributed by atoms with Crippen LogP contribution in [0, 0.1) is 0 Å². The molecule has 0 unspecified atom stereocenters. The molecule has 94 valence electrons. The molecule has 2 heterocycles. The van der Waals surface area contributed by atoms with Crippen LogP contribution >= 0.6 is 0 Å². The zero-order valence-corrected chi connectivity index (χ0v) is 10.9. The quantitative estimate of drug-likeness (QED) is 0.701. The van der Waals surface area contributed by atoms with E-state index in [1.54, 1.807) is 12.4 Å². The normalized spacial score (nSPS) is 10.6. The molecule has 0 aliphatic carbocycles. The fraction of sp³-hybridized carbons (Fsp3) is 0.133. The standard InChI is InChI=1S/C15H14N4/c1-19(2)15-12-5-3-4-6-13(12)17-14(18-15)11-7-9-16-10-8-11/h3-10H,1-2H3.